The van der Waals surface area contributed by atoms with Crippen molar-refractivity contribution in [2.45, 2.75) is 18.8 Å². The average Bonchev–Trinajstić information content (AvgIpc) is 2.66. The zero-order chi connectivity index (χ0) is 9.68. The molecular weight excluding hydrogens is 170 g/mol. The van der Waals surface area contributed by atoms with Crippen molar-refractivity contribution < 1.29 is 14.2 Å². The first-order valence-corrected chi connectivity index (χ1v) is 4.39. The number of ether oxygens (including phenoxy) is 3. The lowest BCUT2D eigenvalue weighted by molar-refractivity contribution is -0.121. The third kappa shape index (κ3) is 2.43. The van der Waals surface area contributed by atoms with Crippen molar-refractivity contribution in [3.63, 3.8) is 0 Å². The highest BCUT2D eigenvalue weighted by atomic mass is 16.7. The van der Waals surface area contributed by atoms with Gasteiger partial charge in [0.15, 0.2) is 6.29 Å². The van der Waals surface area contributed by atoms with Crippen molar-refractivity contribution in [3.05, 3.63) is 11.8 Å². The average molecular weight is 187 g/mol. The van der Waals surface area contributed by atoms with Crippen LogP contribution in [-0.2, 0) is 14.2 Å². The van der Waals surface area contributed by atoms with E-state index in [9.17, 15) is 0 Å². The third-order valence-corrected chi connectivity index (χ3v) is 2.09. The Morgan fingerprint density at radius 2 is 2.15 bits per heavy atom. The number of nitrogens with one attached hydrogen (secondary N) is 1. The van der Waals surface area contributed by atoms with E-state index in [0.717, 1.165) is 18.8 Å². The molecule has 1 atom stereocenters. The summed E-state index contributed by atoms with van der Waals surface area (Å²) in [6, 6.07) is -0.0162. The molecule has 1 rings (SSSR count). The lowest BCUT2D eigenvalue weighted by Gasteiger charge is -2.24. The topological polar surface area (TPSA) is 39.7 Å². The molecule has 1 unspecified atom stereocenters. The maximum atomic E-state index is 5.43. The minimum atomic E-state index is -0.297. The summed E-state index contributed by atoms with van der Waals surface area (Å²) in [5.74, 6) is 0.913. The van der Waals surface area contributed by atoms with Gasteiger partial charge in [0.25, 0.3) is 0 Å². The van der Waals surface area contributed by atoms with E-state index >= 15 is 0 Å². The lowest BCUT2D eigenvalue weighted by atomic mass is 10.2. The van der Waals surface area contributed by atoms with E-state index in [0.29, 0.717) is 0 Å². The summed E-state index contributed by atoms with van der Waals surface area (Å²) in [7, 11) is 5.10. The summed E-state index contributed by atoms with van der Waals surface area (Å²) < 4.78 is 15.7. The first-order chi connectivity index (χ1) is 6.33. The Labute approximate surface area is 78.9 Å². The second-order valence-corrected chi connectivity index (χ2v) is 2.85. The fourth-order valence-corrected chi connectivity index (χ4v) is 1.43. The quantitative estimate of drug-likeness (QED) is 0.636. The number of rotatable bonds is 5. The van der Waals surface area contributed by atoms with Crippen LogP contribution in [0.4, 0.5) is 0 Å². The molecule has 76 valence electrons. The van der Waals surface area contributed by atoms with Crippen LogP contribution in [0.1, 0.15) is 6.42 Å². The van der Waals surface area contributed by atoms with Crippen LogP contribution in [0.3, 0.4) is 0 Å². The SMILES string of the molecule is CNC(C1=CCCO1)C(OC)OC. The van der Waals surface area contributed by atoms with Crippen molar-refractivity contribution in [1.29, 1.82) is 0 Å². The van der Waals surface area contributed by atoms with E-state index in [1.807, 2.05) is 7.05 Å². The van der Waals surface area contributed by atoms with Crippen molar-refractivity contribution in [3.8, 4) is 0 Å². The van der Waals surface area contributed by atoms with Crippen LogP contribution in [-0.4, -0.2) is 40.2 Å². The van der Waals surface area contributed by atoms with Crippen molar-refractivity contribution in [1.82, 2.24) is 5.32 Å². The highest BCUT2D eigenvalue weighted by Crippen LogP contribution is 2.17. The first kappa shape index (κ1) is 10.5. The van der Waals surface area contributed by atoms with Crippen molar-refractivity contribution >= 4 is 0 Å². The van der Waals surface area contributed by atoms with Crippen LogP contribution in [0, 0.1) is 0 Å². The summed E-state index contributed by atoms with van der Waals surface area (Å²) in [6.45, 7) is 0.758. The Balaban J connectivity index is 2.59. The van der Waals surface area contributed by atoms with Crippen molar-refractivity contribution in [2.24, 2.45) is 0 Å². The van der Waals surface area contributed by atoms with E-state index in [-0.39, 0.29) is 12.3 Å². The number of hydrogen-bond donors (Lipinski definition) is 1. The van der Waals surface area contributed by atoms with E-state index in [1.165, 1.54) is 0 Å². The first-order valence-electron chi connectivity index (χ1n) is 4.39. The molecule has 0 spiro atoms. The highest BCUT2D eigenvalue weighted by Gasteiger charge is 2.26. The monoisotopic (exact) mass is 187 g/mol. The van der Waals surface area contributed by atoms with Gasteiger partial charge in [-0.3, -0.25) is 0 Å². The molecule has 0 aromatic heterocycles. The molecule has 1 N–H and O–H groups in total. The zero-order valence-electron chi connectivity index (χ0n) is 8.37. The van der Waals surface area contributed by atoms with Gasteiger partial charge >= 0.3 is 0 Å². The van der Waals surface area contributed by atoms with Crippen LogP contribution < -0.4 is 5.32 Å². The van der Waals surface area contributed by atoms with Gasteiger partial charge in [0.2, 0.25) is 0 Å². The molecule has 0 bridgehead atoms. The largest absolute Gasteiger partial charge is 0.496 e. The Morgan fingerprint density at radius 3 is 2.54 bits per heavy atom. The van der Waals surface area contributed by atoms with Crippen LogP contribution in [0.15, 0.2) is 11.8 Å². The number of methoxy groups -OCH3 is 2. The number of hydrogen-bond acceptors (Lipinski definition) is 4. The summed E-state index contributed by atoms with van der Waals surface area (Å²) in [4.78, 5) is 0. The minimum absolute atomic E-state index is 0.0162. The molecule has 0 saturated carbocycles. The summed E-state index contributed by atoms with van der Waals surface area (Å²) >= 11 is 0. The maximum Gasteiger partial charge on any atom is 0.179 e. The molecule has 0 aliphatic carbocycles. The van der Waals surface area contributed by atoms with E-state index in [4.69, 9.17) is 14.2 Å². The maximum absolute atomic E-state index is 5.43. The van der Waals surface area contributed by atoms with Gasteiger partial charge < -0.3 is 19.5 Å². The minimum Gasteiger partial charge on any atom is -0.496 e. The highest BCUT2D eigenvalue weighted by molar-refractivity contribution is 5.08. The van der Waals surface area contributed by atoms with Crippen LogP contribution in [0.25, 0.3) is 0 Å². The molecular formula is C9H17NO3. The van der Waals surface area contributed by atoms with E-state index < -0.39 is 0 Å². The van der Waals surface area contributed by atoms with Gasteiger partial charge in [-0.1, -0.05) is 0 Å². The molecule has 0 radical (unpaired) electrons. The van der Waals surface area contributed by atoms with E-state index in [1.54, 1.807) is 14.2 Å². The molecule has 4 nitrogen and oxygen atoms in total. The summed E-state index contributed by atoms with van der Waals surface area (Å²) in [5.41, 5.74) is 0. The molecule has 0 fully saturated rings. The van der Waals surface area contributed by atoms with Gasteiger partial charge in [0, 0.05) is 20.6 Å². The smallest absolute Gasteiger partial charge is 0.179 e. The summed E-state index contributed by atoms with van der Waals surface area (Å²) in [6.07, 6.45) is 2.73. The Kier molecular flexibility index (Phi) is 4.21. The molecule has 4 heteroatoms. The molecule has 0 aromatic rings. The van der Waals surface area contributed by atoms with Gasteiger partial charge in [0.05, 0.1) is 6.61 Å². The molecule has 1 heterocycles. The normalized spacial score (nSPS) is 18.6. The van der Waals surface area contributed by atoms with Crippen LogP contribution >= 0.6 is 0 Å². The Bertz CT molecular complexity index is 178. The van der Waals surface area contributed by atoms with Gasteiger partial charge in [-0.15, -0.1) is 0 Å². The Morgan fingerprint density at radius 1 is 1.46 bits per heavy atom. The fraction of sp³-hybridized carbons (Fsp3) is 0.778. The standard InChI is InChI=1S/C9H17NO3/c1-10-8(9(11-2)12-3)7-5-4-6-13-7/h5,8-10H,4,6H2,1-3H3. The molecule has 13 heavy (non-hydrogen) atoms. The van der Waals surface area contributed by atoms with Crippen LogP contribution in [0.2, 0.25) is 0 Å². The molecule has 1 aliphatic rings. The molecule has 1 aliphatic heterocycles. The third-order valence-electron chi connectivity index (χ3n) is 2.09. The van der Waals surface area contributed by atoms with Gasteiger partial charge in [-0.25, -0.2) is 0 Å². The Hall–Kier alpha value is -0.580. The van der Waals surface area contributed by atoms with Gasteiger partial charge in [-0.2, -0.15) is 0 Å². The second-order valence-electron chi connectivity index (χ2n) is 2.85. The lowest BCUT2D eigenvalue weighted by Crippen LogP contribution is -2.41. The van der Waals surface area contributed by atoms with Crippen molar-refractivity contribution in [2.75, 3.05) is 27.9 Å². The zero-order valence-corrected chi connectivity index (χ0v) is 8.37. The molecule has 0 saturated heterocycles. The predicted octanol–water partition coefficient (Wildman–Crippen LogP) is 0.497. The summed E-state index contributed by atoms with van der Waals surface area (Å²) in [5, 5.41) is 3.10. The van der Waals surface area contributed by atoms with Gasteiger partial charge in [0.1, 0.15) is 11.8 Å². The molecule has 0 amide bonds. The second kappa shape index (κ2) is 5.21. The fourth-order valence-electron chi connectivity index (χ4n) is 1.43. The number of likely N-dealkylation sites (N-methyl/N-ethyl adjacent to an activating group) is 1. The van der Waals surface area contributed by atoms with Gasteiger partial charge in [-0.05, 0) is 13.1 Å². The predicted molar refractivity (Wildman–Crippen MR) is 49.3 cm³/mol. The van der Waals surface area contributed by atoms with E-state index in [2.05, 4.69) is 11.4 Å². The molecule has 0 aromatic carbocycles. The van der Waals surface area contributed by atoms with Crippen LogP contribution in [0.5, 0.6) is 0 Å².